The number of aryl methyl sites for hydroxylation is 1. The molecule has 2 rings (SSSR count). The van der Waals surface area contributed by atoms with Crippen LogP contribution in [0, 0.1) is 0 Å². The Labute approximate surface area is 111 Å². The van der Waals surface area contributed by atoms with Crippen LogP contribution in [0.1, 0.15) is 34.3 Å². The molecular weight excluding hydrogens is 252 g/mol. The number of thiophene rings is 1. The van der Waals surface area contributed by atoms with E-state index in [0.29, 0.717) is 4.99 Å². The van der Waals surface area contributed by atoms with Gasteiger partial charge < -0.3 is 10.6 Å². The molecule has 1 saturated heterocycles. The summed E-state index contributed by atoms with van der Waals surface area (Å²) in [7, 11) is 0. The van der Waals surface area contributed by atoms with Crippen molar-refractivity contribution in [3.8, 4) is 0 Å². The van der Waals surface area contributed by atoms with Crippen LogP contribution in [-0.4, -0.2) is 28.4 Å². The van der Waals surface area contributed by atoms with E-state index in [1.165, 1.54) is 4.88 Å². The number of nitrogens with two attached hydrogens (primary N) is 1. The molecule has 92 valence electrons. The van der Waals surface area contributed by atoms with Crippen LogP contribution >= 0.6 is 23.6 Å². The van der Waals surface area contributed by atoms with E-state index < -0.39 is 0 Å². The number of rotatable bonds is 3. The topological polar surface area (TPSA) is 46.3 Å². The fourth-order valence-electron chi connectivity index (χ4n) is 2.13. The number of thiocarbonyl (C=S) groups is 1. The van der Waals surface area contributed by atoms with E-state index in [4.69, 9.17) is 18.0 Å². The van der Waals surface area contributed by atoms with Crippen molar-refractivity contribution in [3.63, 3.8) is 0 Å². The normalized spacial score (nSPS) is 19.6. The van der Waals surface area contributed by atoms with Gasteiger partial charge in [-0.15, -0.1) is 11.3 Å². The largest absolute Gasteiger partial charge is 0.392 e. The lowest BCUT2D eigenvalue weighted by atomic mass is 10.2. The number of carbonyl (C=O) groups excluding carboxylic acids is 1. The molecule has 17 heavy (non-hydrogen) atoms. The number of amides is 1. The molecule has 1 aromatic rings. The highest BCUT2D eigenvalue weighted by atomic mass is 32.1. The second-order valence-corrected chi connectivity index (χ2v) is 5.82. The molecule has 2 heterocycles. The van der Waals surface area contributed by atoms with Crippen molar-refractivity contribution in [2.24, 2.45) is 5.73 Å². The lowest BCUT2D eigenvalue weighted by Gasteiger charge is -2.22. The van der Waals surface area contributed by atoms with E-state index in [2.05, 4.69) is 6.92 Å². The molecule has 0 bridgehead atoms. The predicted octanol–water partition coefficient (Wildman–Crippen LogP) is 2.20. The van der Waals surface area contributed by atoms with E-state index in [9.17, 15) is 4.79 Å². The second-order valence-electron chi connectivity index (χ2n) is 4.18. The summed E-state index contributed by atoms with van der Waals surface area (Å²) in [6.07, 6.45) is 2.85. The third-order valence-corrected chi connectivity index (χ3v) is 4.55. The van der Waals surface area contributed by atoms with Crippen molar-refractivity contribution in [1.29, 1.82) is 0 Å². The molecule has 0 saturated carbocycles. The minimum Gasteiger partial charge on any atom is -0.392 e. The molecule has 0 spiro atoms. The summed E-state index contributed by atoms with van der Waals surface area (Å²) in [6, 6.07) is 3.87. The van der Waals surface area contributed by atoms with Gasteiger partial charge >= 0.3 is 0 Å². The molecule has 1 amide bonds. The fraction of sp³-hybridized carbons (Fsp3) is 0.500. The number of hydrogen-bond acceptors (Lipinski definition) is 3. The Morgan fingerprint density at radius 1 is 1.65 bits per heavy atom. The van der Waals surface area contributed by atoms with Crippen molar-refractivity contribution in [2.45, 2.75) is 32.2 Å². The van der Waals surface area contributed by atoms with Gasteiger partial charge in [-0.2, -0.15) is 0 Å². The van der Waals surface area contributed by atoms with Crippen LogP contribution in [0.3, 0.4) is 0 Å². The van der Waals surface area contributed by atoms with Gasteiger partial charge in [0.05, 0.1) is 15.9 Å². The van der Waals surface area contributed by atoms with E-state index in [0.717, 1.165) is 30.7 Å². The van der Waals surface area contributed by atoms with Crippen LogP contribution in [0.25, 0.3) is 0 Å². The molecule has 1 atom stereocenters. The summed E-state index contributed by atoms with van der Waals surface area (Å²) < 4.78 is 0. The van der Waals surface area contributed by atoms with E-state index in [-0.39, 0.29) is 11.9 Å². The molecule has 2 N–H and O–H groups in total. The smallest absolute Gasteiger partial charge is 0.264 e. The zero-order valence-electron chi connectivity index (χ0n) is 9.81. The highest BCUT2D eigenvalue weighted by Gasteiger charge is 2.31. The van der Waals surface area contributed by atoms with Crippen LogP contribution < -0.4 is 5.73 Å². The Hall–Kier alpha value is -0.940. The number of hydrogen-bond donors (Lipinski definition) is 1. The van der Waals surface area contributed by atoms with Crippen LogP contribution in [-0.2, 0) is 6.42 Å². The maximum absolute atomic E-state index is 12.3. The van der Waals surface area contributed by atoms with Gasteiger partial charge in [-0.3, -0.25) is 4.79 Å². The quantitative estimate of drug-likeness (QED) is 0.855. The molecule has 5 heteroatoms. The van der Waals surface area contributed by atoms with Crippen LogP contribution in [0.4, 0.5) is 0 Å². The summed E-state index contributed by atoms with van der Waals surface area (Å²) in [5, 5.41) is 0. The summed E-state index contributed by atoms with van der Waals surface area (Å²) >= 11 is 6.58. The maximum Gasteiger partial charge on any atom is 0.264 e. The first-order chi connectivity index (χ1) is 8.13. The van der Waals surface area contributed by atoms with Crippen molar-refractivity contribution in [1.82, 2.24) is 4.90 Å². The lowest BCUT2D eigenvalue weighted by Crippen LogP contribution is -2.42. The van der Waals surface area contributed by atoms with Gasteiger partial charge in [-0.25, -0.2) is 0 Å². The zero-order chi connectivity index (χ0) is 12.4. The SMILES string of the molecule is CCc1ccc(C(=O)N2CCCC2C(N)=S)s1. The molecule has 1 aliphatic heterocycles. The molecule has 0 aliphatic carbocycles. The Bertz CT molecular complexity index is 441. The van der Waals surface area contributed by atoms with Gasteiger partial charge in [0, 0.05) is 11.4 Å². The van der Waals surface area contributed by atoms with Gasteiger partial charge in [0.25, 0.3) is 5.91 Å². The first-order valence-corrected chi connectivity index (χ1v) is 7.05. The van der Waals surface area contributed by atoms with Crippen molar-refractivity contribution < 1.29 is 4.79 Å². The number of nitrogens with zero attached hydrogens (tertiary/aromatic N) is 1. The average Bonchev–Trinajstić information content (AvgIpc) is 2.97. The van der Waals surface area contributed by atoms with Crippen LogP contribution in [0.15, 0.2) is 12.1 Å². The average molecular weight is 268 g/mol. The van der Waals surface area contributed by atoms with E-state index in [1.807, 2.05) is 17.0 Å². The Morgan fingerprint density at radius 2 is 2.41 bits per heavy atom. The predicted molar refractivity (Wildman–Crippen MR) is 74.5 cm³/mol. The minimum atomic E-state index is -0.0512. The zero-order valence-corrected chi connectivity index (χ0v) is 11.4. The molecule has 1 aliphatic rings. The summed E-state index contributed by atoms with van der Waals surface area (Å²) in [4.78, 5) is 16.6. The van der Waals surface area contributed by atoms with Crippen LogP contribution in [0.2, 0.25) is 0 Å². The minimum absolute atomic E-state index is 0.0512. The van der Waals surface area contributed by atoms with Gasteiger partial charge in [0.2, 0.25) is 0 Å². The first-order valence-electron chi connectivity index (χ1n) is 5.82. The highest BCUT2D eigenvalue weighted by molar-refractivity contribution is 7.80. The molecule has 0 radical (unpaired) electrons. The second kappa shape index (κ2) is 5.14. The summed E-state index contributed by atoms with van der Waals surface area (Å²) in [6.45, 7) is 2.86. The van der Waals surface area contributed by atoms with E-state index >= 15 is 0 Å². The van der Waals surface area contributed by atoms with Gasteiger partial charge in [-0.05, 0) is 31.4 Å². The molecular formula is C12H16N2OS2. The molecule has 1 fully saturated rings. The maximum atomic E-state index is 12.3. The van der Waals surface area contributed by atoms with Crippen molar-refractivity contribution in [3.05, 3.63) is 21.9 Å². The number of carbonyl (C=O) groups is 1. The monoisotopic (exact) mass is 268 g/mol. The van der Waals surface area contributed by atoms with Gasteiger partial charge in [0.15, 0.2) is 0 Å². The molecule has 3 nitrogen and oxygen atoms in total. The third-order valence-electron chi connectivity index (χ3n) is 3.06. The standard InChI is InChI=1S/C12H16N2OS2/c1-2-8-5-6-10(17-8)12(15)14-7-3-4-9(14)11(13)16/h5-6,9H,2-4,7H2,1H3,(H2,13,16). The van der Waals surface area contributed by atoms with Gasteiger partial charge in [0.1, 0.15) is 0 Å². The number of likely N-dealkylation sites (tertiary alicyclic amines) is 1. The Morgan fingerprint density at radius 3 is 3.00 bits per heavy atom. The highest BCUT2D eigenvalue weighted by Crippen LogP contribution is 2.24. The third kappa shape index (κ3) is 2.50. The summed E-state index contributed by atoms with van der Waals surface area (Å²) in [5.74, 6) is 0.0741. The van der Waals surface area contributed by atoms with Crippen molar-refractivity contribution >= 4 is 34.5 Å². The molecule has 0 aromatic carbocycles. The van der Waals surface area contributed by atoms with Crippen LogP contribution in [0.5, 0.6) is 0 Å². The molecule has 1 aromatic heterocycles. The Kier molecular flexibility index (Phi) is 3.79. The van der Waals surface area contributed by atoms with E-state index in [1.54, 1.807) is 11.3 Å². The fourth-order valence-corrected chi connectivity index (χ4v) is 3.28. The molecule has 1 unspecified atom stereocenters. The Balaban J connectivity index is 2.16. The van der Waals surface area contributed by atoms with Crippen molar-refractivity contribution in [2.75, 3.05) is 6.54 Å². The van der Waals surface area contributed by atoms with Gasteiger partial charge in [-0.1, -0.05) is 19.1 Å². The lowest BCUT2D eigenvalue weighted by molar-refractivity contribution is 0.0775. The summed E-state index contributed by atoms with van der Waals surface area (Å²) in [5.41, 5.74) is 5.68. The first kappa shape index (κ1) is 12.5.